The zero-order valence-electron chi connectivity index (χ0n) is 12.5. The van der Waals surface area contributed by atoms with Crippen LogP contribution < -0.4 is 11.1 Å². The summed E-state index contributed by atoms with van der Waals surface area (Å²) in [7, 11) is 1.48. The van der Waals surface area contributed by atoms with Crippen molar-refractivity contribution >= 4 is 17.9 Å². The molecule has 1 saturated heterocycles. The van der Waals surface area contributed by atoms with Crippen LogP contribution in [0.1, 0.15) is 26.7 Å². The predicted octanol–water partition coefficient (Wildman–Crippen LogP) is -0.230. The van der Waals surface area contributed by atoms with E-state index in [-0.39, 0.29) is 25.0 Å². The number of urea groups is 1. The van der Waals surface area contributed by atoms with Gasteiger partial charge in [-0.05, 0) is 5.92 Å². The quantitative estimate of drug-likeness (QED) is 0.625. The monoisotopic (exact) mass is 301 g/mol. The molecule has 4 N–H and O–H groups in total. The number of nitrogens with one attached hydrogen (secondary N) is 1. The SMILES string of the molecule is CCC(C)C(NC(N)=O)C(=O)N1CC(OC)CC1C(=O)O. The molecule has 4 unspecified atom stereocenters. The number of rotatable bonds is 6. The van der Waals surface area contributed by atoms with Crippen molar-refractivity contribution in [1.29, 1.82) is 0 Å². The number of primary amides is 1. The lowest BCUT2D eigenvalue weighted by molar-refractivity contribution is -0.149. The molecule has 0 aromatic rings. The van der Waals surface area contributed by atoms with Crippen molar-refractivity contribution < 1.29 is 24.2 Å². The van der Waals surface area contributed by atoms with E-state index < -0.39 is 30.0 Å². The molecule has 3 amide bonds. The minimum Gasteiger partial charge on any atom is -0.480 e. The third-order valence-corrected chi connectivity index (χ3v) is 3.94. The molecule has 0 aromatic heterocycles. The Morgan fingerprint density at radius 2 is 2.10 bits per heavy atom. The van der Waals surface area contributed by atoms with Gasteiger partial charge in [0.2, 0.25) is 5.91 Å². The number of carboxylic acid groups (broad SMARTS) is 1. The molecule has 8 nitrogen and oxygen atoms in total. The van der Waals surface area contributed by atoms with Crippen molar-refractivity contribution in [2.45, 2.75) is 44.9 Å². The van der Waals surface area contributed by atoms with Crippen molar-refractivity contribution in [2.24, 2.45) is 11.7 Å². The Hall–Kier alpha value is -1.83. The first-order valence-corrected chi connectivity index (χ1v) is 6.93. The summed E-state index contributed by atoms with van der Waals surface area (Å²) in [6, 6.07) is -2.57. The van der Waals surface area contributed by atoms with Crippen LogP contribution in [0.4, 0.5) is 4.79 Å². The van der Waals surface area contributed by atoms with Crippen LogP contribution in [0, 0.1) is 5.92 Å². The highest BCUT2D eigenvalue weighted by Crippen LogP contribution is 2.23. The molecule has 8 heteroatoms. The maximum Gasteiger partial charge on any atom is 0.326 e. The maximum atomic E-state index is 12.6. The van der Waals surface area contributed by atoms with Crippen LogP contribution >= 0.6 is 0 Å². The van der Waals surface area contributed by atoms with Gasteiger partial charge >= 0.3 is 12.0 Å². The van der Waals surface area contributed by atoms with Crippen LogP contribution in [0.2, 0.25) is 0 Å². The van der Waals surface area contributed by atoms with Crippen molar-refractivity contribution in [2.75, 3.05) is 13.7 Å². The number of nitrogens with two attached hydrogens (primary N) is 1. The fourth-order valence-electron chi connectivity index (χ4n) is 2.46. The molecule has 0 radical (unpaired) electrons. The molecular formula is C13H23N3O5. The van der Waals surface area contributed by atoms with Crippen molar-refractivity contribution in [3.8, 4) is 0 Å². The molecule has 0 spiro atoms. The van der Waals surface area contributed by atoms with E-state index in [2.05, 4.69) is 5.32 Å². The molecule has 120 valence electrons. The van der Waals surface area contributed by atoms with Gasteiger partial charge in [-0.1, -0.05) is 20.3 Å². The topological polar surface area (TPSA) is 122 Å². The molecule has 0 aromatic carbocycles. The average molecular weight is 301 g/mol. The third-order valence-electron chi connectivity index (χ3n) is 3.94. The number of methoxy groups -OCH3 is 1. The summed E-state index contributed by atoms with van der Waals surface area (Å²) in [6.45, 7) is 3.88. The Morgan fingerprint density at radius 1 is 1.48 bits per heavy atom. The largest absolute Gasteiger partial charge is 0.480 e. The number of carboxylic acids is 1. The Balaban J connectivity index is 2.95. The second-order valence-corrected chi connectivity index (χ2v) is 5.31. The van der Waals surface area contributed by atoms with Gasteiger partial charge in [-0.15, -0.1) is 0 Å². The highest BCUT2D eigenvalue weighted by molar-refractivity contribution is 5.90. The summed E-state index contributed by atoms with van der Waals surface area (Å²) in [5, 5.41) is 11.7. The van der Waals surface area contributed by atoms with Gasteiger partial charge in [-0.25, -0.2) is 9.59 Å². The minimum absolute atomic E-state index is 0.152. The van der Waals surface area contributed by atoms with Crippen LogP contribution in [0.5, 0.6) is 0 Å². The number of hydrogen-bond donors (Lipinski definition) is 3. The van der Waals surface area contributed by atoms with Gasteiger partial charge in [-0.3, -0.25) is 4.79 Å². The predicted molar refractivity (Wildman–Crippen MR) is 74.5 cm³/mol. The molecule has 4 atom stereocenters. The van der Waals surface area contributed by atoms with Gasteiger partial charge in [0.15, 0.2) is 0 Å². The summed E-state index contributed by atoms with van der Waals surface area (Å²) in [6.07, 6.45) is 0.568. The summed E-state index contributed by atoms with van der Waals surface area (Å²) < 4.78 is 5.15. The van der Waals surface area contributed by atoms with E-state index in [9.17, 15) is 19.5 Å². The Bertz CT molecular complexity index is 415. The van der Waals surface area contributed by atoms with Crippen LogP contribution in [-0.4, -0.2) is 59.8 Å². The summed E-state index contributed by atoms with van der Waals surface area (Å²) in [5.74, 6) is -1.67. The zero-order chi connectivity index (χ0) is 16.2. The number of hydrogen-bond acceptors (Lipinski definition) is 4. The van der Waals surface area contributed by atoms with E-state index in [1.807, 2.05) is 6.92 Å². The number of carbonyl (C=O) groups excluding carboxylic acids is 2. The Kier molecular flexibility index (Phi) is 5.95. The second-order valence-electron chi connectivity index (χ2n) is 5.31. The lowest BCUT2D eigenvalue weighted by Gasteiger charge is -2.29. The molecule has 1 rings (SSSR count). The van der Waals surface area contributed by atoms with Crippen molar-refractivity contribution in [3.05, 3.63) is 0 Å². The van der Waals surface area contributed by atoms with Gasteiger partial charge in [0, 0.05) is 20.1 Å². The van der Waals surface area contributed by atoms with E-state index in [0.717, 1.165) is 0 Å². The van der Waals surface area contributed by atoms with E-state index in [1.165, 1.54) is 12.0 Å². The van der Waals surface area contributed by atoms with Gasteiger partial charge in [0.25, 0.3) is 0 Å². The summed E-state index contributed by atoms with van der Waals surface area (Å²) in [4.78, 5) is 36.2. The van der Waals surface area contributed by atoms with Crippen LogP contribution in [0.3, 0.4) is 0 Å². The zero-order valence-corrected chi connectivity index (χ0v) is 12.5. The molecule has 0 bridgehead atoms. The molecule has 0 aliphatic carbocycles. The van der Waals surface area contributed by atoms with Crippen molar-refractivity contribution in [3.63, 3.8) is 0 Å². The van der Waals surface area contributed by atoms with Crippen LogP contribution in [0.25, 0.3) is 0 Å². The molecule has 21 heavy (non-hydrogen) atoms. The van der Waals surface area contributed by atoms with E-state index >= 15 is 0 Å². The molecule has 1 aliphatic rings. The highest BCUT2D eigenvalue weighted by atomic mass is 16.5. The van der Waals surface area contributed by atoms with E-state index in [1.54, 1.807) is 6.92 Å². The Morgan fingerprint density at radius 3 is 2.52 bits per heavy atom. The van der Waals surface area contributed by atoms with Crippen LogP contribution in [-0.2, 0) is 14.3 Å². The lowest BCUT2D eigenvalue weighted by Crippen LogP contribution is -2.55. The first-order chi connectivity index (χ1) is 9.81. The van der Waals surface area contributed by atoms with Gasteiger partial charge < -0.3 is 25.8 Å². The minimum atomic E-state index is -1.08. The summed E-state index contributed by atoms with van der Waals surface area (Å²) >= 11 is 0. The van der Waals surface area contributed by atoms with Gasteiger partial charge in [0.05, 0.1) is 6.10 Å². The van der Waals surface area contributed by atoms with E-state index in [4.69, 9.17) is 10.5 Å². The lowest BCUT2D eigenvalue weighted by atomic mass is 9.97. The number of likely N-dealkylation sites (tertiary alicyclic amines) is 1. The third kappa shape index (κ3) is 4.07. The van der Waals surface area contributed by atoms with Crippen molar-refractivity contribution in [1.82, 2.24) is 10.2 Å². The molecule has 1 heterocycles. The number of ether oxygens (including phenoxy) is 1. The smallest absolute Gasteiger partial charge is 0.326 e. The molecular weight excluding hydrogens is 278 g/mol. The standard InChI is InChI=1S/C13H23N3O5/c1-4-7(2)10(15-13(14)20)11(17)16-6-8(21-3)5-9(16)12(18)19/h7-10H,4-6H2,1-3H3,(H,18,19)(H3,14,15,20). The van der Waals surface area contributed by atoms with E-state index in [0.29, 0.717) is 6.42 Å². The molecule has 1 aliphatic heterocycles. The second kappa shape index (κ2) is 7.26. The molecule has 0 saturated carbocycles. The first-order valence-electron chi connectivity index (χ1n) is 6.93. The first kappa shape index (κ1) is 17.2. The molecule has 1 fully saturated rings. The highest BCUT2D eigenvalue weighted by Gasteiger charge is 2.43. The number of amides is 3. The Labute approximate surface area is 123 Å². The summed E-state index contributed by atoms with van der Waals surface area (Å²) in [5.41, 5.74) is 5.11. The van der Waals surface area contributed by atoms with Crippen LogP contribution in [0.15, 0.2) is 0 Å². The fraction of sp³-hybridized carbons (Fsp3) is 0.769. The normalized spacial score (nSPS) is 24.4. The fourth-order valence-corrected chi connectivity index (χ4v) is 2.46. The average Bonchev–Trinajstić information content (AvgIpc) is 2.87. The number of aliphatic carboxylic acids is 1. The number of carbonyl (C=O) groups is 3. The number of nitrogens with zero attached hydrogens (tertiary/aromatic N) is 1. The van der Waals surface area contributed by atoms with Gasteiger partial charge in [0.1, 0.15) is 12.1 Å². The van der Waals surface area contributed by atoms with Gasteiger partial charge in [-0.2, -0.15) is 0 Å². The maximum absolute atomic E-state index is 12.6.